The zero-order valence-corrected chi connectivity index (χ0v) is 11.9. The van der Waals surface area contributed by atoms with Gasteiger partial charge in [0.2, 0.25) is 10.0 Å². The lowest BCUT2D eigenvalue weighted by atomic mass is 9.96. The predicted molar refractivity (Wildman–Crippen MR) is 71.0 cm³/mol. The molecule has 2 fully saturated rings. The van der Waals surface area contributed by atoms with Crippen LogP contribution in [-0.2, 0) is 14.8 Å². The fourth-order valence-electron chi connectivity index (χ4n) is 2.67. The minimum Gasteiger partial charge on any atom is -0.380 e. The Bertz CT molecular complexity index is 346. The highest BCUT2D eigenvalue weighted by molar-refractivity contribution is 7.89. The molecule has 0 aliphatic carbocycles. The predicted octanol–water partition coefficient (Wildman–Crippen LogP) is 0.427. The summed E-state index contributed by atoms with van der Waals surface area (Å²) in [6.07, 6.45) is 3.82. The second kappa shape index (κ2) is 6.32. The molecular formula is C12H24N2O3S. The van der Waals surface area contributed by atoms with E-state index < -0.39 is 10.0 Å². The topological polar surface area (TPSA) is 58.6 Å². The van der Waals surface area contributed by atoms with Crippen molar-refractivity contribution in [2.75, 3.05) is 39.1 Å². The van der Waals surface area contributed by atoms with E-state index in [0.717, 1.165) is 38.8 Å². The van der Waals surface area contributed by atoms with Gasteiger partial charge in [0.05, 0.1) is 18.4 Å². The summed E-state index contributed by atoms with van der Waals surface area (Å²) in [7, 11) is -1.42. The summed E-state index contributed by atoms with van der Waals surface area (Å²) in [5.41, 5.74) is 0. The van der Waals surface area contributed by atoms with Gasteiger partial charge in [-0.15, -0.1) is 0 Å². The first-order valence-corrected chi connectivity index (χ1v) is 8.44. The second-order valence-corrected chi connectivity index (χ2v) is 7.48. The highest BCUT2D eigenvalue weighted by atomic mass is 32.2. The van der Waals surface area contributed by atoms with E-state index in [4.69, 9.17) is 4.74 Å². The van der Waals surface area contributed by atoms with Crippen LogP contribution in [-0.4, -0.2) is 57.9 Å². The monoisotopic (exact) mass is 276 g/mol. The van der Waals surface area contributed by atoms with Crippen molar-refractivity contribution in [3.63, 3.8) is 0 Å². The molecule has 0 aromatic heterocycles. The molecule has 106 valence electrons. The standard InChI is InChI=1S/C12H24N2O3S/c1-14(12-4-8-17-10-12)18(15,16)9-5-11-2-6-13-7-3-11/h11-13H,2-10H2,1H3. The first-order valence-electron chi connectivity index (χ1n) is 6.84. The molecule has 1 atom stereocenters. The van der Waals surface area contributed by atoms with Gasteiger partial charge in [0.15, 0.2) is 0 Å². The molecule has 2 rings (SSSR count). The molecule has 0 aromatic carbocycles. The summed E-state index contributed by atoms with van der Waals surface area (Å²) in [5, 5.41) is 3.30. The number of nitrogens with zero attached hydrogens (tertiary/aromatic N) is 1. The van der Waals surface area contributed by atoms with Crippen molar-refractivity contribution in [3.8, 4) is 0 Å². The summed E-state index contributed by atoms with van der Waals surface area (Å²) in [6.45, 7) is 3.27. The van der Waals surface area contributed by atoms with Crippen LogP contribution in [0.2, 0.25) is 0 Å². The van der Waals surface area contributed by atoms with Crippen LogP contribution < -0.4 is 5.32 Å². The molecule has 2 heterocycles. The molecule has 0 spiro atoms. The van der Waals surface area contributed by atoms with E-state index in [-0.39, 0.29) is 11.8 Å². The normalized spacial score (nSPS) is 26.9. The molecule has 0 amide bonds. The molecule has 18 heavy (non-hydrogen) atoms. The first-order chi connectivity index (χ1) is 8.59. The first kappa shape index (κ1) is 14.2. The van der Waals surface area contributed by atoms with Gasteiger partial charge in [-0.05, 0) is 44.7 Å². The van der Waals surface area contributed by atoms with Crippen LogP contribution >= 0.6 is 0 Å². The molecule has 0 aromatic rings. The molecule has 1 unspecified atom stereocenters. The third-order valence-corrected chi connectivity index (χ3v) is 6.03. The van der Waals surface area contributed by atoms with Crippen LogP contribution in [0.15, 0.2) is 0 Å². The van der Waals surface area contributed by atoms with E-state index in [1.54, 1.807) is 7.05 Å². The van der Waals surface area contributed by atoms with Gasteiger partial charge in [0.25, 0.3) is 0 Å². The Morgan fingerprint density at radius 3 is 2.61 bits per heavy atom. The number of sulfonamides is 1. The average Bonchev–Trinajstić information content (AvgIpc) is 2.90. The molecule has 2 aliphatic rings. The summed E-state index contributed by atoms with van der Waals surface area (Å²) in [5.74, 6) is 0.847. The number of likely N-dealkylation sites (N-methyl/N-ethyl adjacent to an activating group) is 1. The largest absolute Gasteiger partial charge is 0.380 e. The lowest BCUT2D eigenvalue weighted by Crippen LogP contribution is -2.39. The molecule has 1 N–H and O–H groups in total. The van der Waals surface area contributed by atoms with Crippen molar-refractivity contribution in [1.29, 1.82) is 0 Å². The van der Waals surface area contributed by atoms with Gasteiger partial charge >= 0.3 is 0 Å². The zero-order valence-electron chi connectivity index (χ0n) is 11.1. The number of hydrogen-bond acceptors (Lipinski definition) is 4. The van der Waals surface area contributed by atoms with Gasteiger partial charge in [-0.3, -0.25) is 0 Å². The van der Waals surface area contributed by atoms with Crippen LogP contribution in [0.5, 0.6) is 0 Å². The smallest absolute Gasteiger partial charge is 0.214 e. The fourth-order valence-corrected chi connectivity index (χ4v) is 4.21. The summed E-state index contributed by atoms with van der Waals surface area (Å²) >= 11 is 0. The summed E-state index contributed by atoms with van der Waals surface area (Å²) in [6, 6.07) is 0.0445. The molecular weight excluding hydrogens is 252 g/mol. The quantitative estimate of drug-likeness (QED) is 0.791. The van der Waals surface area contributed by atoms with Gasteiger partial charge in [-0.25, -0.2) is 8.42 Å². The summed E-state index contributed by atoms with van der Waals surface area (Å²) in [4.78, 5) is 0. The number of nitrogens with one attached hydrogen (secondary N) is 1. The zero-order chi connectivity index (χ0) is 13.0. The van der Waals surface area contributed by atoms with Crippen molar-refractivity contribution in [3.05, 3.63) is 0 Å². The van der Waals surface area contributed by atoms with Gasteiger partial charge in [-0.2, -0.15) is 4.31 Å². The van der Waals surface area contributed by atoms with E-state index in [9.17, 15) is 8.42 Å². The van der Waals surface area contributed by atoms with Crippen molar-refractivity contribution in [2.45, 2.75) is 31.7 Å². The maximum atomic E-state index is 12.2. The van der Waals surface area contributed by atoms with Gasteiger partial charge < -0.3 is 10.1 Å². The maximum Gasteiger partial charge on any atom is 0.214 e. The van der Waals surface area contributed by atoms with Crippen LogP contribution in [0, 0.1) is 5.92 Å². The van der Waals surface area contributed by atoms with Crippen LogP contribution in [0.1, 0.15) is 25.7 Å². The molecule has 5 nitrogen and oxygen atoms in total. The summed E-state index contributed by atoms with van der Waals surface area (Å²) < 4.78 is 31.2. The SMILES string of the molecule is CN(C1CCOC1)S(=O)(=O)CCC1CCNCC1. The lowest BCUT2D eigenvalue weighted by molar-refractivity contribution is 0.180. The molecule has 0 bridgehead atoms. The van der Waals surface area contributed by atoms with Crippen LogP contribution in [0.3, 0.4) is 0 Å². The molecule has 0 saturated carbocycles. The van der Waals surface area contributed by atoms with E-state index >= 15 is 0 Å². The van der Waals surface area contributed by atoms with Crippen molar-refractivity contribution in [1.82, 2.24) is 9.62 Å². The Morgan fingerprint density at radius 1 is 1.28 bits per heavy atom. The highest BCUT2D eigenvalue weighted by Gasteiger charge is 2.29. The Balaban J connectivity index is 1.82. The Morgan fingerprint density at radius 2 is 2.00 bits per heavy atom. The van der Waals surface area contributed by atoms with E-state index in [1.807, 2.05) is 0 Å². The van der Waals surface area contributed by atoms with E-state index in [2.05, 4.69) is 5.32 Å². The van der Waals surface area contributed by atoms with E-state index in [1.165, 1.54) is 4.31 Å². The average molecular weight is 276 g/mol. The fraction of sp³-hybridized carbons (Fsp3) is 1.00. The van der Waals surface area contributed by atoms with Crippen molar-refractivity contribution in [2.24, 2.45) is 5.92 Å². The molecule has 0 radical (unpaired) electrons. The molecule has 2 saturated heterocycles. The van der Waals surface area contributed by atoms with Crippen molar-refractivity contribution >= 4 is 10.0 Å². The number of rotatable bonds is 5. The van der Waals surface area contributed by atoms with Gasteiger partial charge in [0.1, 0.15) is 0 Å². The van der Waals surface area contributed by atoms with Gasteiger partial charge in [0, 0.05) is 13.7 Å². The minimum atomic E-state index is -3.11. The second-order valence-electron chi connectivity index (χ2n) is 5.33. The minimum absolute atomic E-state index is 0.0445. The maximum absolute atomic E-state index is 12.2. The number of piperidine rings is 1. The Labute approximate surface area is 110 Å². The van der Waals surface area contributed by atoms with Crippen LogP contribution in [0.25, 0.3) is 0 Å². The molecule has 2 aliphatic heterocycles. The van der Waals surface area contributed by atoms with Crippen LogP contribution in [0.4, 0.5) is 0 Å². The highest BCUT2D eigenvalue weighted by Crippen LogP contribution is 2.20. The van der Waals surface area contributed by atoms with E-state index in [0.29, 0.717) is 19.1 Å². The number of ether oxygens (including phenoxy) is 1. The van der Waals surface area contributed by atoms with Crippen molar-refractivity contribution < 1.29 is 13.2 Å². The van der Waals surface area contributed by atoms with Gasteiger partial charge in [-0.1, -0.05) is 0 Å². The Kier molecular flexibility index (Phi) is 5.00. The Hall–Kier alpha value is -0.170. The lowest BCUT2D eigenvalue weighted by Gasteiger charge is -2.26. The number of hydrogen-bond donors (Lipinski definition) is 1. The third kappa shape index (κ3) is 3.66. The third-order valence-electron chi connectivity index (χ3n) is 4.10. The molecule has 6 heteroatoms.